The lowest BCUT2D eigenvalue weighted by Gasteiger charge is -2.46. The number of aromatic nitrogens is 1. The molecule has 4 rings (SSSR count). The first-order valence-electron chi connectivity index (χ1n) is 17.2. The van der Waals surface area contributed by atoms with E-state index in [0.717, 1.165) is 30.7 Å². The van der Waals surface area contributed by atoms with Crippen LogP contribution in [0.1, 0.15) is 90.3 Å². The van der Waals surface area contributed by atoms with E-state index < -0.39 is 16.6 Å². The molecular weight excluding hydrogens is 603 g/mol. The Kier molecular flexibility index (Phi) is 11.5. The second kappa shape index (κ2) is 14.4. The van der Waals surface area contributed by atoms with Gasteiger partial charge in [-0.1, -0.05) is 109 Å². The van der Waals surface area contributed by atoms with Crippen LogP contribution in [-0.2, 0) is 13.6 Å². The average Bonchev–Trinajstić information content (AvgIpc) is 3.32. The second-order valence-corrected chi connectivity index (χ2v) is 25.1. The zero-order chi connectivity index (χ0) is 33.9. The average molecular weight is 662 g/mol. The molecule has 1 aliphatic heterocycles. The number of hydrogen-bond donors (Lipinski definition) is 0. The first-order valence-corrected chi connectivity index (χ1v) is 22.1. The molecular formula is C39H59NO4Si2. The summed E-state index contributed by atoms with van der Waals surface area (Å²) in [6.07, 6.45) is 2.72. The number of benzene rings is 2. The Labute approximate surface area is 281 Å². The molecule has 0 amide bonds. The Morgan fingerprint density at radius 2 is 1.37 bits per heavy atom. The number of carbonyl (C=O) groups is 1. The predicted molar refractivity (Wildman–Crippen MR) is 196 cm³/mol. The molecule has 1 aliphatic rings. The van der Waals surface area contributed by atoms with E-state index in [4.69, 9.17) is 13.6 Å². The number of ether oxygens (including phenoxy) is 1. The molecule has 0 radical (unpaired) electrons. The van der Waals surface area contributed by atoms with Crippen LogP contribution >= 0.6 is 0 Å². The summed E-state index contributed by atoms with van der Waals surface area (Å²) in [7, 11) is -4.63. The molecule has 4 atom stereocenters. The molecule has 252 valence electrons. The van der Waals surface area contributed by atoms with Crippen molar-refractivity contribution >= 4 is 32.9 Å². The quantitative estimate of drug-likeness (QED) is 0.152. The number of carbonyl (C=O) groups excluding carboxylic acids is 1. The standard InChI is InChI=1S/C39H59NO4Si2/c1-29-24-25-30(2)40(29)37(41)28-32-27-36(44-45(10,11)38(4,5)6)31(3)35(43-32)23-18-26-42-46(39(7,8)9,33-19-14-12-15-20-33)34-21-16-13-17-22-34/h12-17,19-22,24-25,31-32,35-36H,18,23,26-28H2,1-11H3/t31-,32+,35+,36+/m1/s1. The Morgan fingerprint density at radius 1 is 0.848 bits per heavy atom. The maximum absolute atomic E-state index is 13.5. The van der Waals surface area contributed by atoms with Crippen LogP contribution in [0.15, 0.2) is 72.8 Å². The zero-order valence-electron chi connectivity index (χ0n) is 30.4. The fourth-order valence-corrected chi connectivity index (χ4v) is 13.0. The van der Waals surface area contributed by atoms with E-state index in [1.54, 1.807) is 0 Å². The molecule has 0 spiro atoms. The number of hydrogen-bond acceptors (Lipinski definition) is 4. The van der Waals surface area contributed by atoms with Crippen LogP contribution in [0, 0.1) is 19.8 Å². The predicted octanol–water partition coefficient (Wildman–Crippen LogP) is 8.68. The van der Waals surface area contributed by atoms with Gasteiger partial charge in [0.05, 0.1) is 24.7 Å². The number of rotatable bonds is 11. The van der Waals surface area contributed by atoms with Gasteiger partial charge in [0.2, 0.25) is 5.91 Å². The molecule has 0 unspecified atom stereocenters. The van der Waals surface area contributed by atoms with Gasteiger partial charge in [-0.05, 0) is 78.8 Å². The van der Waals surface area contributed by atoms with Crippen molar-refractivity contribution in [3.8, 4) is 0 Å². The van der Waals surface area contributed by atoms with Crippen LogP contribution < -0.4 is 10.4 Å². The molecule has 1 fully saturated rings. The summed E-state index contributed by atoms with van der Waals surface area (Å²) in [6, 6.07) is 25.7. The molecule has 3 aromatic rings. The molecule has 5 nitrogen and oxygen atoms in total. The molecule has 46 heavy (non-hydrogen) atoms. The third-order valence-corrected chi connectivity index (χ3v) is 20.1. The van der Waals surface area contributed by atoms with E-state index in [1.807, 2.05) is 30.5 Å². The van der Waals surface area contributed by atoms with Crippen molar-refractivity contribution in [1.29, 1.82) is 0 Å². The van der Waals surface area contributed by atoms with Crippen molar-refractivity contribution in [3.05, 3.63) is 84.2 Å². The summed E-state index contributed by atoms with van der Waals surface area (Å²) in [4.78, 5) is 13.5. The van der Waals surface area contributed by atoms with Gasteiger partial charge in [0.15, 0.2) is 8.32 Å². The van der Waals surface area contributed by atoms with Gasteiger partial charge >= 0.3 is 0 Å². The second-order valence-electron chi connectivity index (χ2n) is 16.0. The Balaban J connectivity index is 1.55. The van der Waals surface area contributed by atoms with Crippen molar-refractivity contribution in [2.24, 2.45) is 5.92 Å². The van der Waals surface area contributed by atoms with Crippen molar-refractivity contribution in [2.75, 3.05) is 6.61 Å². The minimum Gasteiger partial charge on any atom is -0.413 e. The molecule has 0 bridgehead atoms. The van der Waals surface area contributed by atoms with Crippen molar-refractivity contribution in [3.63, 3.8) is 0 Å². The number of nitrogens with zero attached hydrogens (tertiary/aromatic N) is 1. The maximum atomic E-state index is 13.5. The SMILES string of the molecule is Cc1ccc(C)n1C(=O)C[C@@H]1C[C@H](O[Si](C)(C)C(C)(C)C)[C@H](C)[C@H](CCCO[Si](c2ccccc2)(c2ccccc2)C(C)(C)C)O1. The Morgan fingerprint density at radius 3 is 1.85 bits per heavy atom. The molecule has 0 aliphatic carbocycles. The normalized spacial score (nSPS) is 21.4. The van der Waals surface area contributed by atoms with E-state index in [9.17, 15) is 4.79 Å². The first kappa shape index (κ1) is 36.5. The summed E-state index contributed by atoms with van der Waals surface area (Å²) in [5.41, 5.74) is 1.94. The van der Waals surface area contributed by atoms with Crippen LogP contribution in [-0.4, -0.2) is 52.0 Å². The third kappa shape index (κ3) is 7.87. The monoisotopic (exact) mass is 661 g/mol. The lowest BCUT2D eigenvalue weighted by atomic mass is 9.87. The highest BCUT2D eigenvalue weighted by atomic mass is 28.4. The van der Waals surface area contributed by atoms with Gasteiger partial charge in [-0.2, -0.15) is 0 Å². The fourth-order valence-electron chi connectivity index (χ4n) is 6.93. The largest absolute Gasteiger partial charge is 0.413 e. The first-order chi connectivity index (χ1) is 21.5. The molecule has 1 aromatic heterocycles. The molecule has 0 saturated carbocycles. The molecule has 1 saturated heterocycles. The topological polar surface area (TPSA) is 49.7 Å². The highest BCUT2D eigenvalue weighted by molar-refractivity contribution is 6.99. The minimum absolute atomic E-state index is 0.00377. The van der Waals surface area contributed by atoms with Gasteiger partial charge in [-0.15, -0.1) is 0 Å². The van der Waals surface area contributed by atoms with Crippen LogP contribution in [0.25, 0.3) is 0 Å². The van der Waals surface area contributed by atoms with Crippen LogP contribution in [0.3, 0.4) is 0 Å². The van der Waals surface area contributed by atoms with Gasteiger partial charge in [-0.25, -0.2) is 0 Å². The Bertz CT molecular complexity index is 1360. The summed E-state index contributed by atoms with van der Waals surface area (Å²) < 4.78 is 22.9. The summed E-state index contributed by atoms with van der Waals surface area (Å²) in [6.45, 7) is 25.4. The third-order valence-electron chi connectivity index (χ3n) is 10.6. The van der Waals surface area contributed by atoms with Crippen molar-refractivity contribution in [1.82, 2.24) is 4.57 Å². The van der Waals surface area contributed by atoms with Gasteiger partial charge in [-0.3, -0.25) is 9.36 Å². The van der Waals surface area contributed by atoms with Crippen LogP contribution in [0.2, 0.25) is 23.2 Å². The van der Waals surface area contributed by atoms with E-state index in [1.165, 1.54) is 10.4 Å². The summed E-state index contributed by atoms with van der Waals surface area (Å²) in [5, 5.41) is 2.64. The van der Waals surface area contributed by atoms with Gasteiger partial charge in [0.25, 0.3) is 8.32 Å². The van der Waals surface area contributed by atoms with E-state index in [-0.39, 0.29) is 40.2 Å². The molecule has 2 heterocycles. The van der Waals surface area contributed by atoms with E-state index in [2.05, 4.69) is 122 Å². The van der Waals surface area contributed by atoms with Crippen LogP contribution in [0.5, 0.6) is 0 Å². The maximum Gasteiger partial charge on any atom is 0.261 e. The van der Waals surface area contributed by atoms with E-state index in [0.29, 0.717) is 13.0 Å². The highest BCUT2D eigenvalue weighted by Crippen LogP contribution is 2.42. The Hall–Kier alpha value is -2.30. The van der Waals surface area contributed by atoms with Gasteiger partial charge in [0.1, 0.15) is 0 Å². The van der Waals surface area contributed by atoms with Crippen molar-refractivity contribution in [2.45, 2.75) is 129 Å². The molecule has 7 heteroatoms. The highest BCUT2D eigenvalue weighted by Gasteiger charge is 2.50. The van der Waals surface area contributed by atoms with E-state index >= 15 is 0 Å². The lowest BCUT2D eigenvalue weighted by Crippen LogP contribution is -2.66. The summed E-state index contributed by atoms with van der Waals surface area (Å²) in [5.74, 6) is 0.322. The molecule has 0 N–H and O–H groups in total. The van der Waals surface area contributed by atoms with Gasteiger partial charge < -0.3 is 13.6 Å². The zero-order valence-corrected chi connectivity index (χ0v) is 32.4. The lowest BCUT2D eigenvalue weighted by molar-refractivity contribution is -0.128. The molecule has 2 aromatic carbocycles. The minimum atomic E-state index is -2.60. The van der Waals surface area contributed by atoms with Crippen LogP contribution in [0.4, 0.5) is 0 Å². The fraction of sp³-hybridized carbons (Fsp3) is 0.564. The number of aryl methyl sites for hydroxylation is 2. The summed E-state index contributed by atoms with van der Waals surface area (Å²) >= 11 is 0. The van der Waals surface area contributed by atoms with Crippen molar-refractivity contribution < 1.29 is 18.4 Å². The smallest absolute Gasteiger partial charge is 0.261 e. The van der Waals surface area contributed by atoms with Gasteiger partial charge in [0, 0.05) is 23.9 Å².